The standard InChI is InChI=1S/C14H14N2O2/c1-14(2)6-10-9(11(17)7-14)8-15-13(16-10)12-4-3-5-18-12/h3-5,8H,6-7H2,1-2H3. The number of Topliss-reactive ketones (excluding diaryl/α,β-unsaturated/α-hetero) is 1. The minimum Gasteiger partial charge on any atom is -0.461 e. The molecular formula is C14H14N2O2. The van der Waals surface area contributed by atoms with Crippen LogP contribution in [0.5, 0.6) is 0 Å². The van der Waals surface area contributed by atoms with E-state index in [1.54, 1.807) is 18.5 Å². The van der Waals surface area contributed by atoms with Gasteiger partial charge < -0.3 is 4.42 Å². The molecule has 0 N–H and O–H groups in total. The van der Waals surface area contributed by atoms with Crippen molar-refractivity contribution in [3.63, 3.8) is 0 Å². The average molecular weight is 242 g/mol. The molecule has 1 aliphatic rings. The first kappa shape index (κ1) is 11.1. The fraction of sp³-hybridized carbons (Fsp3) is 0.357. The first-order chi connectivity index (χ1) is 8.55. The number of rotatable bonds is 1. The zero-order chi connectivity index (χ0) is 12.8. The summed E-state index contributed by atoms with van der Waals surface area (Å²) in [6.45, 7) is 4.17. The van der Waals surface area contributed by atoms with E-state index in [9.17, 15) is 4.79 Å². The highest BCUT2D eigenvalue weighted by atomic mass is 16.3. The quantitative estimate of drug-likeness (QED) is 0.771. The molecule has 4 heteroatoms. The average Bonchev–Trinajstić information content (AvgIpc) is 2.79. The molecule has 0 radical (unpaired) electrons. The third-order valence-electron chi connectivity index (χ3n) is 3.19. The van der Waals surface area contributed by atoms with Gasteiger partial charge in [0.1, 0.15) is 0 Å². The topological polar surface area (TPSA) is 56.0 Å². The second kappa shape index (κ2) is 3.77. The lowest BCUT2D eigenvalue weighted by Crippen LogP contribution is -2.28. The maximum absolute atomic E-state index is 12.0. The summed E-state index contributed by atoms with van der Waals surface area (Å²) in [7, 11) is 0. The molecule has 3 rings (SSSR count). The van der Waals surface area contributed by atoms with Gasteiger partial charge in [0.05, 0.1) is 17.5 Å². The lowest BCUT2D eigenvalue weighted by Gasteiger charge is -2.29. The summed E-state index contributed by atoms with van der Waals surface area (Å²) in [6.07, 6.45) is 4.57. The van der Waals surface area contributed by atoms with Crippen LogP contribution in [0.1, 0.15) is 36.3 Å². The molecule has 0 fully saturated rings. The molecule has 0 aliphatic heterocycles. The smallest absolute Gasteiger partial charge is 0.195 e. The number of ketones is 1. The van der Waals surface area contributed by atoms with Crippen molar-refractivity contribution in [3.8, 4) is 11.6 Å². The minimum absolute atomic E-state index is 0.0289. The number of carbonyl (C=O) groups is 1. The third-order valence-corrected chi connectivity index (χ3v) is 3.19. The van der Waals surface area contributed by atoms with Gasteiger partial charge in [0.25, 0.3) is 0 Å². The lowest BCUT2D eigenvalue weighted by atomic mass is 9.76. The molecule has 0 aromatic carbocycles. The zero-order valence-corrected chi connectivity index (χ0v) is 10.4. The Morgan fingerprint density at radius 2 is 2.17 bits per heavy atom. The number of hydrogen-bond acceptors (Lipinski definition) is 4. The van der Waals surface area contributed by atoms with Crippen LogP contribution in [0.4, 0.5) is 0 Å². The monoisotopic (exact) mass is 242 g/mol. The normalized spacial score (nSPS) is 17.6. The Kier molecular flexibility index (Phi) is 2.33. The SMILES string of the molecule is CC1(C)CC(=O)c2cnc(-c3ccco3)nc2C1. The highest BCUT2D eigenvalue weighted by Crippen LogP contribution is 2.34. The van der Waals surface area contributed by atoms with E-state index in [1.807, 2.05) is 6.07 Å². The summed E-state index contributed by atoms with van der Waals surface area (Å²) >= 11 is 0. The Hall–Kier alpha value is -1.97. The fourth-order valence-electron chi connectivity index (χ4n) is 2.35. The number of hydrogen-bond donors (Lipinski definition) is 0. The molecule has 2 aromatic rings. The number of carbonyl (C=O) groups excluding carboxylic acids is 1. The summed E-state index contributed by atoms with van der Waals surface area (Å²) in [4.78, 5) is 20.7. The van der Waals surface area contributed by atoms with Gasteiger partial charge in [-0.25, -0.2) is 9.97 Å². The number of fused-ring (bicyclic) bond motifs is 1. The highest BCUT2D eigenvalue weighted by molar-refractivity contribution is 5.98. The summed E-state index contributed by atoms with van der Waals surface area (Å²) in [5, 5.41) is 0. The Morgan fingerprint density at radius 1 is 1.33 bits per heavy atom. The van der Waals surface area contributed by atoms with Crippen LogP contribution < -0.4 is 0 Å². The fourth-order valence-corrected chi connectivity index (χ4v) is 2.35. The van der Waals surface area contributed by atoms with Gasteiger partial charge in [-0.1, -0.05) is 13.8 Å². The molecule has 92 valence electrons. The van der Waals surface area contributed by atoms with Gasteiger partial charge in [-0.3, -0.25) is 4.79 Å². The van der Waals surface area contributed by atoms with Crippen LogP contribution in [-0.2, 0) is 6.42 Å². The maximum Gasteiger partial charge on any atom is 0.195 e. The summed E-state index contributed by atoms with van der Waals surface area (Å²) in [6, 6.07) is 3.62. The molecule has 0 saturated heterocycles. The third kappa shape index (κ3) is 1.83. The molecule has 0 bridgehead atoms. The van der Waals surface area contributed by atoms with Gasteiger partial charge in [0, 0.05) is 12.6 Å². The summed E-state index contributed by atoms with van der Waals surface area (Å²) in [5.41, 5.74) is 1.46. The molecule has 2 aromatic heterocycles. The van der Waals surface area contributed by atoms with Crippen LogP contribution in [0.25, 0.3) is 11.6 Å². The van der Waals surface area contributed by atoms with Gasteiger partial charge in [0.15, 0.2) is 17.4 Å². The molecule has 0 atom stereocenters. The maximum atomic E-state index is 12.0. The van der Waals surface area contributed by atoms with Crippen molar-refractivity contribution >= 4 is 5.78 Å². The lowest BCUT2D eigenvalue weighted by molar-refractivity contribution is 0.0909. The van der Waals surface area contributed by atoms with Crippen LogP contribution in [0.3, 0.4) is 0 Å². The second-order valence-corrected chi connectivity index (χ2v) is 5.47. The molecule has 0 saturated carbocycles. The molecule has 1 aliphatic carbocycles. The van der Waals surface area contributed by atoms with E-state index in [0.29, 0.717) is 23.6 Å². The summed E-state index contributed by atoms with van der Waals surface area (Å²) in [5.74, 6) is 1.31. The molecule has 4 nitrogen and oxygen atoms in total. The van der Waals surface area contributed by atoms with E-state index in [2.05, 4.69) is 23.8 Å². The van der Waals surface area contributed by atoms with Gasteiger partial charge in [-0.2, -0.15) is 0 Å². The second-order valence-electron chi connectivity index (χ2n) is 5.47. The van der Waals surface area contributed by atoms with Crippen molar-refractivity contribution in [1.29, 1.82) is 0 Å². The van der Waals surface area contributed by atoms with Crippen molar-refractivity contribution in [3.05, 3.63) is 35.9 Å². The molecule has 0 spiro atoms. The van der Waals surface area contributed by atoms with E-state index >= 15 is 0 Å². The molecule has 0 amide bonds. The van der Waals surface area contributed by atoms with Gasteiger partial charge in [-0.15, -0.1) is 0 Å². The van der Waals surface area contributed by atoms with E-state index in [1.165, 1.54) is 0 Å². The Morgan fingerprint density at radius 3 is 2.89 bits per heavy atom. The van der Waals surface area contributed by atoms with E-state index in [-0.39, 0.29) is 11.2 Å². The van der Waals surface area contributed by atoms with Crippen LogP contribution in [0.2, 0.25) is 0 Å². The van der Waals surface area contributed by atoms with Gasteiger partial charge >= 0.3 is 0 Å². The van der Waals surface area contributed by atoms with Crippen LogP contribution >= 0.6 is 0 Å². The predicted molar refractivity (Wildman–Crippen MR) is 66.2 cm³/mol. The van der Waals surface area contributed by atoms with Crippen molar-refractivity contribution in [1.82, 2.24) is 9.97 Å². The largest absolute Gasteiger partial charge is 0.461 e. The molecule has 0 unspecified atom stereocenters. The Labute approximate surface area is 105 Å². The number of furan rings is 1. The summed E-state index contributed by atoms with van der Waals surface area (Å²) < 4.78 is 5.28. The molecule has 18 heavy (non-hydrogen) atoms. The minimum atomic E-state index is -0.0289. The Bertz CT molecular complexity index is 600. The van der Waals surface area contributed by atoms with Crippen molar-refractivity contribution in [2.75, 3.05) is 0 Å². The first-order valence-corrected chi connectivity index (χ1v) is 5.98. The van der Waals surface area contributed by atoms with E-state index in [4.69, 9.17) is 4.42 Å². The highest BCUT2D eigenvalue weighted by Gasteiger charge is 2.32. The van der Waals surface area contributed by atoms with Crippen LogP contribution in [0.15, 0.2) is 29.0 Å². The van der Waals surface area contributed by atoms with E-state index in [0.717, 1.165) is 12.1 Å². The van der Waals surface area contributed by atoms with Gasteiger partial charge in [0.2, 0.25) is 0 Å². The van der Waals surface area contributed by atoms with Crippen molar-refractivity contribution < 1.29 is 9.21 Å². The van der Waals surface area contributed by atoms with Crippen molar-refractivity contribution in [2.24, 2.45) is 5.41 Å². The van der Waals surface area contributed by atoms with Crippen molar-refractivity contribution in [2.45, 2.75) is 26.7 Å². The molecular weight excluding hydrogens is 228 g/mol. The zero-order valence-electron chi connectivity index (χ0n) is 10.4. The molecule has 2 heterocycles. The Balaban J connectivity index is 2.08. The van der Waals surface area contributed by atoms with Crippen LogP contribution in [0, 0.1) is 5.41 Å². The van der Waals surface area contributed by atoms with Gasteiger partial charge in [-0.05, 0) is 24.0 Å². The van der Waals surface area contributed by atoms with E-state index < -0.39 is 0 Å². The predicted octanol–water partition coefficient (Wildman–Crippen LogP) is 2.89. The number of nitrogens with zero attached hydrogens (tertiary/aromatic N) is 2. The van der Waals surface area contributed by atoms with Crippen LogP contribution in [-0.4, -0.2) is 15.8 Å². The number of aromatic nitrogens is 2. The first-order valence-electron chi connectivity index (χ1n) is 5.98.